The summed E-state index contributed by atoms with van der Waals surface area (Å²) in [5.74, 6) is 1.43. The van der Waals surface area contributed by atoms with E-state index in [2.05, 4.69) is 31.4 Å². The van der Waals surface area contributed by atoms with Crippen molar-refractivity contribution >= 4 is 15.9 Å². The molecule has 0 saturated heterocycles. The molecule has 0 aliphatic carbocycles. The van der Waals surface area contributed by atoms with Gasteiger partial charge in [0.2, 0.25) is 5.89 Å². The van der Waals surface area contributed by atoms with Gasteiger partial charge < -0.3 is 14.9 Å². The van der Waals surface area contributed by atoms with E-state index in [0.717, 1.165) is 10.0 Å². The Morgan fingerprint density at radius 1 is 1.41 bits per heavy atom. The van der Waals surface area contributed by atoms with Gasteiger partial charge in [0.1, 0.15) is 5.75 Å². The minimum atomic E-state index is 0.269. The lowest BCUT2D eigenvalue weighted by molar-refractivity contribution is 0.385. The molecule has 0 radical (unpaired) electrons. The highest BCUT2D eigenvalue weighted by atomic mass is 79.9. The number of rotatable bonds is 4. The van der Waals surface area contributed by atoms with Crippen molar-refractivity contribution < 1.29 is 9.63 Å². The maximum atomic E-state index is 9.63. The molecule has 0 atom stereocenters. The van der Waals surface area contributed by atoms with Crippen molar-refractivity contribution in [1.29, 1.82) is 0 Å². The zero-order valence-electron chi connectivity index (χ0n) is 9.27. The quantitative estimate of drug-likeness (QED) is 0.905. The molecule has 0 aliphatic rings. The highest BCUT2D eigenvalue weighted by Crippen LogP contribution is 2.21. The average Bonchev–Trinajstić information content (AvgIpc) is 2.69. The predicted molar refractivity (Wildman–Crippen MR) is 65.4 cm³/mol. The fourth-order valence-corrected chi connectivity index (χ4v) is 1.83. The lowest BCUT2D eigenvalue weighted by Crippen LogP contribution is -2.13. The molecule has 90 valence electrons. The van der Waals surface area contributed by atoms with Gasteiger partial charge in [-0.05, 0) is 18.2 Å². The number of aromatic hydroxyl groups is 1. The molecule has 6 heteroatoms. The highest BCUT2D eigenvalue weighted by Gasteiger charge is 2.04. The number of phenolic OH excluding ortho intramolecular Hbond substituents is 1. The van der Waals surface area contributed by atoms with Crippen LogP contribution < -0.4 is 5.32 Å². The first-order valence-electron chi connectivity index (χ1n) is 5.12. The predicted octanol–water partition coefficient (Wildman–Crippen LogP) is 2.14. The number of nitrogens with one attached hydrogen (secondary N) is 1. The van der Waals surface area contributed by atoms with Gasteiger partial charge >= 0.3 is 0 Å². The summed E-state index contributed by atoms with van der Waals surface area (Å²) < 4.78 is 5.78. The highest BCUT2D eigenvalue weighted by molar-refractivity contribution is 9.10. The Morgan fingerprint density at radius 2 is 2.24 bits per heavy atom. The first-order valence-corrected chi connectivity index (χ1v) is 5.92. The van der Waals surface area contributed by atoms with Crippen LogP contribution in [0, 0.1) is 6.92 Å². The van der Waals surface area contributed by atoms with E-state index in [1.54, 1.807) is 19.1 Å². The normalized spacial score (nSPS) is 10.7. The van der Waals surface area contributed by atoms with Gasteiger partial charge in [-0.2, -0.15) is 4.98 Å². The molecular weight excluding hydrogens is 286 g/mol. The Kier molecular flexibility index (Phi) is 3.75. The third-order valence-electron chi connectivity index (χ3n) is 2.21. The molecule has 1 aromatic heterocycles. The summed E-state index contributed by atoms with van der Waals surface area (Å²) >= 11 is 3.36. The van der Waals surface area contributed by atoms with Gasteiger partial charge in [-0.15, -0.1) is 0 Å². The molecule has 17 heavy (non-hydrogen) atoms. The smallest absolute Gasteiger partial charge is 0.223 e. The number of hydrogen-bond acceptors (Lipinski definition) is 5. The summed E-state index contributed by atoms with van der Waals surface area (Å²) in [7, 11) is 0. The molecule has 1 aromatic carbocycles. The van der Waals surface area contributed by atoms with Crippen LogP contribution in [-0.2, 0) is 13.1 Å². The Labute approximate surface area is 107 Å². The minimum absolute atomic E-state index is 0.269. The van der Waals surface area contributed by atoms with E-state index in [1.165, 1.54) is 0 Å². The molecule has 0 aliphatic heterocycles. The van der Waals surface area contributed by atoms with Gasteiger partial charge in [-0.3, -0.25) is 0 Å². The number of nitrogens with zero attached hydrogens (tertiary/aromatic N) is 2. The lowest BCUT2D eigenvalue weighted by atomic mass is 10.2. The lowest BCUT2D eigenvalue weighted by Gasteiger charge is -2.05. The molecule has 5 nitrogen and oxygen atoms in total. The van der Waals surface area contributed by atoms with Gasteiger partial charge in [-0.25, -0.2) is 0 Å². The standard InChI is InChI=1S/C11H12BrN3O2/c1-7-14-11(15-17-7)6-13-5-8-4-9(12)2-3-10(8)16/h2-4,13,16H,5-6H2,1H3. The Bertz CT molecular complexity index is 513. The summed E-state index contributed by atoms with van der Waals surface area (Å²) in [6.45, 7) is 2.79. The van der Waals surface area contributed by atoms with Crippen LogP contribution in [-0.4, -0.2) is 15.2 Å². The van der Waals surface area contributed by atoms with Crippen LogP contribution in [0.3, 0.4) is 0 Å². The topological polar surface area (TPSA) is 71.2 Å². The van der Waals surface area contributed by atoms with Gasteiger partial charge in [0, 0.05) is 23.5 Å². The largest absolute Gasteiger partial charge is 0.508 e. The summed E-state index contributed by atoms with van der Waals surface area (Å²) in [5, 5.41) is 16.5. The van der Waals surface area contributed by atoms with Crippen molar-refractivity contribution in [3.05, 3.63) is 40.0 Å². The summed E-state index contributed by atoms with van der Waals surface area (Å²) in [5.41, 5.74) is 0.819. The van der Waals surface area contributed by atoms with E-state index in [4.69, 9.17) is 4.52 Å². The zero-order chi connectivity index (χ0) is 12.3. The van der Waals surface area contributed by atoms with Gasteiger partial charge in [0.15, 0.2) is 5.82 Å². The van der Waals surface area contributed by atoms with Crippen LogP contribution in [0.2, 0.25) is 0 Å². The molecule has 0 saturated carbocycles. The van der Waals surface area contributed by atoms with Gasteiger partial charge in [0.05, 0.1) is 6.54 Å². The third kappa shape index (κ3) is 3.28. The fraction of sp³-hybridized carbons (Fsp3) is 0.273. The molecule has 2 rings (SSSR count). The Balaban J connectivity index is 1.91. The molecule has 1 heterocycles. The average molecular weight is 298 g/mol. The third-order valence-corrected chi connectivity index (χ3v) is 2.70. The van der Waals surface area contributed by atoms with Gasteiger partial charge in [-0.1, -0.05) is 21.1 Å². The molecule has 2 aromatic rings. The van der Waals surface area contributed by atoms with E-state index in [9.17, 15) is 5.11 Å². The number of halogens is 1. The van der Waals surface area contributed by atoms with Crippen molar-refractivity contribution in [2.45, 2.75) is 20.0 Å². The van der Waals surface area contributed by atoms with Crippen LogP contribution in [0.15, 0.2) is 27.2 Å². The molecule has 0 fully saturated rings. The van der Waals surface area contributed by atoms with E-state index < -0.39 is 0 Å². The van der Waals surface area contributed by atoms with Crippen molar-refractivity contribution in [2.24, 2.45) is 0 Å². The second-order valence-electron chi connectivity index (χ2n) is 3.61. The maximum Gasteiger partial charge on any atom is 0.223 e. The summed E-state index contributed by atoms with van der Waals surface area (Å²) in [6, 6.07) is 5.31. The van der Waals surface area contributed by atoms with Crippen molar-refractivity contribution in [1.82, 2.24) is 15.5 Å². The SMILES string of the molecule is Cc1nc(CNCc2cc(Br)ccc2O)no1. The van der Waals surface area contributed by atoms with Crippen LogP contribution >= 0.6 is 15.9 Å². The number of aromatic nitrogens is 2. The Morgan fingerprint density at radius 3 is 2.94 bits per heavy atom. The number of aryl methyl sites for hydroxylation is 1. The number of hydrogen-bond donors (Lipinski definition) is 2. The van der Waals surface area contributed by atoms with E-state index in [-0.39, 0.29) is 5.75 Å². The maximum absolute atomic E-state index is 9.63. The van der Waals surface area contributed by atoms with Crippen molar-refractivity contribution in [3.8, 4) is 5.75 Å². The molecule has 2 N–H and O–H groups in total. The minimum Gasteiger partial charge on any atom is -0.508 e. The van der Waals surface area contributed by atoms with Crippen LogP contribution in [0.1, 0.15) is 17.3 Å². The van der Waals surface area contributed by atoms with Gasteiger partial charge in [0.25, 0.3) is 0 Å². The zero-order valence-corrected chi connectivity index (χ0v) is 10.9. The molecule has 0 bridgehead atoms. The van der Waals surface area contributed by atoms with Crippen molar-refractivity contribution in [2.75, 3.05) is 0 Å². The van der Waals surface area contributed by atoms with E-state index >= 15 is 0 Å². The molecular formula is C11H12BrN3O2. The summed E-state index contributed by atoms with van der Waals surface area (Å²) in [6.07, 6.45) is 0. The monoisotopic (exact) mass is 297 g/mol. The molecule has 0 amide bonds. The Hall–Kier alpha value is -1.40. The number of benzene rings is 1. The van der Waals surface area contributed by atoms with E-state index in [1.807, 2.05) is 6.07 Å². The van der Waals surface area contributed by atoms with Crippen LogP contribution in [0.25, 0.3) is 0 Å². The first kappa shape index (κ1) is 12.1. The molecule has 0 unspecified atom stereocenters. The van der Waals surface area contributed by atoms with Crippen LogP contribution in [0.5, 0.6) is 5.75 Å². The second kappa shape index (κ2) is 5.29. The number of phenols is 1. The molecule has 0 spiro atoms. The van der Waals surface area contributed by atoms with Crippen molar-refractivity contribution in [3.63, 3.8) is 0 Å². The summed E-state index contributed by atoms with van der Waals surface area (Å²) in [4.78, 5) is 4.07. The second-order valence-corrected chi connectivity index (χ2v) is 4.52. The fourth-order valence-electron chi connectivity index (χ4n) is 1.42. The van der Waals surface area contributed by atoms with E-state index in [0.29, 0.717) is 24.8 Å². The first-order chi connectivity index (χ1) is 8.15. The van der Waals surface area contributed by atoms with Crippen LogP contribution in [0.4, 0.5) is 0 Å².